The number of hydrogen-bond donors (Lipinski definition) is 0. The van der Waals surface area contributed by atoms with Crippen molar-refractivity contribution in [2.24, 2.45) is 23.7 Å². The quantitative estimate of drug-likeness (QED) is 0.283. The lowest BCUT2D eigenvalue weighted by Crippen LogP contribution is -2.15. The van der Waals surface area contributed by atoms with E-state index in [4.69, 9.17) is 0 Å². The van der Waals surface area contributed by atoms with E-state index in [1.807, 2.05) is 0 Å². The SMILES string of the molecule is C=CCCC1CCC(CCCC[C@H]2CC[C@H](CCC)CC2)CC1. The van der Waals surface area contributed by atoms with Crippen molar-refractivity contribution >= 4 is 0 Å². The second kappa shape index (κ2) is 11.3. The average Bonchev–Trinajstić information content (AvgIpc) is 2.59. The average molecular weight is 319 g/mol. The summed E-state index contributed by atoms with van der Waals surface area (Å²) in [6.07, 6.45) is 25.9. The van der Waals surface area contributed by atoms with Crippen LogP contribution in [0.5, 0.6) is 0 Å². The summed E-state index contributed by atoms with van der Waals surface area (Å²) in [5.41, 5.74) is 0. The molecule has 2 aliphatic carbocycles. The van der Waals surface area contributed by atoms with Crippen LogP contribution in [0.2, 0.25) is 0 Å². The summed E-state index contributed by atoms with van der Waals surface area (Å²) in [4.78, 5) is 0. The fourth-order valence-electron chi connectivity index (χ4n) is 5.25. The molecular formula is C23H42. The Bertz CT molecular complexity index is 289. The fourth-order valence-corrected chi connectivity index (χ4v) is 5.25. The maximum absolute atomic E-state index is 3.86. The highest BCUT2D eigenvalue weighted by Gasteiger charge is 2.22. The lowest BCUT2D eigenvalue weighted by atomic mass is 9.76. The molecule has 0 aromatic carbocycles. The summed E-state index contributed by atoms with van der Waals surface area (Å²) in [5, 5.41) is 0. The third kappa shape index (κ3) is 7.44. The van der Waals surface area contributed by atoms with E-state index < -0.39 is 0 Å². The highest BCUT2D eigenvalue weighted by atomic mass is 14.3. The summed E-state index contributed by atoms with van der Waals surface area (Å²) in [7, 11) is 0. The fraction of sp³-hybridized carbons (Fsp3) is 0.913. The van der Waals surface area contributed by atoms with Gasteiger partial charge in [-0.1, -0.05) is 103 Å². The lowest BCUT2D eigenvalue weighted by Gasteiger charge is -2.29. The van der Waals surface area contributed by atoms with Crippen LogP contribution in [0.15, 0.2) is 12.7 Å². The van der Waals surface area contributed by atoms with Gasteiger partial charge in [-0.05, 0) is 36.5 Å². The third-order valence-electron chi connectivity index (χ3n) is 6.88. The van der Waals surface area contributed by atoms with Gasteiger partial charge in [-0.15, -0.1) is 6.58 Å². The maximum Gasteiger partial charge on any atom is -0.0351 e. The van der Waals surface area contributed by atoms with Crippen molar-refractivity contribution in [3.8, 4) is 0 Å². The smallest absolute Gasteiger partial charge is 0.0351 e. The Balaban J connectivity index is 1.46. The monoisotopic (exact) mass is 318 g/mol. The first-order valence-corrected chi connectivity index (χ1v) is 10.9. The van der Waals surface area contributed by atoms with Crippen molar-refractivity contribution in [2.75, 3.05) is 0 Å². The van der Waals surface area contributed by atoms with Gasteiger partial charge < -0.3 is 0 Å². The van der Waals surface area contributed by atoms with Crippen molar-refractivity contribution in [2.45, 2.75) is 110 Å². The van der Waals surface area contributed by atoms with Crippen molar-refractivity contribution in [3.05, 3.63) is 12.7 Å². The normalized spacial score (nSPS) is 31.9. The molecule has 23 heavy (non-hydrogen) atoms. The van der Waals surface area contributed by atoms with Gasteiger partial charge in [-0.2, -0.15) is 0 Å². The largest absolute Gasteiger partial charge is 0.103 e. The second-order valence-electron chi connectivity index (χ2n) is 8.71. The number of rotatable bonds is 10. The van der Waals surface area contributed by atoms with Crippen LogP contribution in [0.4, 0.5) is 0 Å². The van der Waals surface area contributed by atoms with Crippen molar-refractivity contribution in [1.29, 1.82) is 0 Å². The molecule has 0 aromatic rings. The van der Waals surface area contributed by atoms with E-state index in [2.05, 4.69) is 19.6 Å². The van der Waals surface area contributed by atoms with Crippen LogP contribution in [0, 0.1) is 23.7 Å². The Morgan fingerprint density at radius 2 is 1.04 bits per heavy atom. The van der Waals surface area contributed by atoms with Gasteiger partial charge in [-0.25, -0.2) is 0 Å². The second-order valence-corrected chi connectivity index (χ2v) is 8.71. The zero-order valence-electron chi connectivity index (χ0n) is 15.9. The number of allylic oxidation sites excluding steroid dienone is 1. The molecule has 0 saturated heterocycles. The minimum Gasteiger partial charge on any atom is -0.103 e. The van der Waals surface area contributed by atoms with Crippen LogP contribution in [-0.4, -0.2) is 0 Å². The van der Waals surface area contributed by atoms with Crippen LogP contribution in [-0.2, 0) is 0 Å². The summed E-state index contributed by atoms with van der Waals surface area (Å²) < 4.78 is 0. The zero-order valence-corrected chi connectivity index (χ0v) is 15.9. The molecule has 0 aromatic heterocycles. The van der Waals surface area contributed by atoms with E-state index in [0.717, 1.165) is 23.7 Å². The Labute approximate surface area is 146 Å². The minimum atomic E-state index is 1.02. The molecule has 0 atom stereocenters. The molecule has 2 fully saturated rings. The molecular weight excluding hydrogens is 276 g/mol. The first-order chi connectivity index (χ1) is 11.3. The molecule has 2 aliphatic rings. The molecule has 0 nitrogen and oxygen atoms in total. The Morgan fingerprint density at radius 3 is 1.43 bits per heavy atom. The predicted molar refractivity (Wildman–Crippen MR) is 104 cm³/mol. The Morgan fingerprint density at radius 1 is 0.652 bits per heavy atom. The molecule has 0 N–H and O–H groups in total. The van der Waals surface area contributed by atoms with Gasteiger partial charge in [0.25, 0.3) is 0 Å². The van der Waals surface area contributed by atoms with Gasteiger partial charge in [0.05, 0.1) is 0 Å². The van der Waals surface area contributed by atoms with E-state index >= 15 is 0 Å². The van der Waals surface area contributed by atoms with Crippen LogP contribution < -0.4 is 0 Å². The van der Waals surface area contributed by atoms with Crippen LogP contribution >= 0.6 is 0 Å². The molecule has 0 spiro atoms. The summed E-state index contributed by atoms with van der Waals surface area (Å²) in [6.45, 7) is 6.21. The summed E-state index contributed by atoms with van der Waals surface area (Å²) in [6, 6.07) is 0. The molecule has 2 saturated carbocycles. The van der Waals surface area contributed by atoms with E-state index in [-0.39, 0.29) is 0 Å². The van der Waals surface area contributed by atoms with Crippen molar-refractivity contribution in [1.82, 2.24) is 0 Å². The topological polar surface area (TPSA) is 0 Å². The lowest BCUT2D eigenvalue weighted by molar-refractivity contribution is 0.234. The van der Waals surface area contributed by atoms with E-state index in [0.29, 0.717) is 0 Å². The molecule has 134 valence electrons. The van der Waals surface area contributed by atoms with Crippen molar-refractivity contribution < 1.29 is 0 Å². The third-order valence-corrected chi connectivity index (χ3v) is 6.88. The minimum absolute atomic E-state index is 1.02. The van der Waals surface area contributed by atoms with E-state index in [1.165, 1.54) is 89.9 Å². The Kier molecular flexibility index (Phi) is 9.39. The molecule has 0 bridgehead atoms. The van der Waals surface area contributed by atoms with E-state index in [1.54, 1.807) is 12.8 Å². The van der Waals surface area contributed by atoms with Crippen LogP contribution in [0.1, 0.15) is 110 Å². The number of unbranched alkanes of at least 4 members (excludes halogenated alkanes) is 1. The van der Waals surface area contributed by atoms with Crippen LogP contribution in [0.25, 0.3) is 0 Å². The van der Waals surface area contributed by atoms with Gasteiger partial charge in [0.15, 0.2) is 0 Å². The summed E-state index contributed by atoms with van der Waals surface area (Å²) in [5.74, 6) is 4.24. The standard InChI is InChI=1S/C23H42/c1-3-5-9-21-16-18-23(19-17-21)11-7-6-10-22-14-12-20(8-4-2)13-15-22/h3,20-23H,1,4-19H2,2H3/t20-,21?,22-,23?. The van der Waals surface area contributed by atoms with Gasteiger partial charge in [0.2, 0.25) is 0 Å². The van der Waals surface area contributed by atoms with Crippen molar-refractivity contribution in [3.63, 3.8) is 0 Å². The summed E-state index contributed by atoms with van der Waals surface area (Å²) >= 11 is 0. The highest BCUT2D eigenvalue weighted by molar-refractivity contribution is 4.77. The molecule has 0 aliphatic heterocycles. The molecule has 0 amide bonds. The van der Waals surface area contributed by atoms with Crippen LogP contribution in [0.3, 0.4) is 0 Å². The van der Waals surface area contributed by atoms with Gasteiger partial charge in [0.1, 0.15) is 0 Å². The first-order valence-electron chi connectivity index (χ1n) is 10.9. The predicted octanol–water partition coefficient (Wildman–Crippen LogP) is 7.93. The van der Waals surface area contributed by atoms with E-state index in [9.17, 15) is 0 Å². The Hall–Kier alpha value is -0.260. The molecule has 0 heteroatoms. The molecule has 0 heterocycles. The van der Waals surface area contributed by atoms with Gasteiger partial charge >= 0.3 is 0 Å². The van der Waals surface area contributed by atoms with Gasteiger partial charge in [0, 0.05) is 0 Å². The highest BCUT2D eigenvalue weighted by Crippen LogP contribution is 2.36. The molecule has 0 radical (unpaired) electrons. The molecule has 0 unspecified atom stereocenters. The molecule has 2 rings (SSSR count). The zero-order chi connectivity index (χ0) is 16.3. The van der Waals surface area contributed by atoms with Gasteiger partial charge in [-0.3, -0.25) is 0 Å². The first kappa shape index (κ1) is 19.1. The number of hydrogen-bond acceptors (Lipinski definition) is 0. The maximum atomic E-state index is 3.86.